The Morgan fingerprint density at radius 2 is 2.11 bits per heavy atom. The van der Waals surface area contributed by atoms with E-state index in [1.54, 1.807) is 18.2 Å². The smallest absolute Gasteiger partial charge is 0.251 e. The van der Waals surface area contributed by atoms with E-state index in [4.69, 9.17) is 17.3 Å². The van der Waals surface area contributed by atoms with Crippen LogP contribution in [0.2, 0.25) is 5.02 Å². The Morgan fingerprint density at radius 3 is 2.67 bits per heavy atom. The summed E-state index contributed by atoms with van der Waals surface area (Å²) in [5.74, 6) is 0.394. The highest BCUT2D eigenvalue weighted by Gasteiger charge is 2.16. The zero-order valence-corrected chi connectivity index (χ0v) is 11.9. The van der Waals surface area contributed by atoms with Crippen LogP contribution in [0.3, 0.4) is 0 Å². The summed E-state index contributed by atoms with van der Waals surface area (Å²) in [6.07, 6.45) is 0.877. The molecule has 0 saturated carbocycles. The Balaban J connectivity index is 2.78. The predicted molar refractivity (Wildman–Crippen MR) is 76.0 cm³/mol. The van der Waals surface area contributed by atoms with Crippen molar-refractivity contribution in [2.24, 2.45) is 11.7 Å². The predicted octanol–water partition coefficient (Wildman–Crippen LogP) is 2.75. The molecule has 0 aliphatic carbocycles. The van der Waals surface area contributed by atoms with E-state index in [1.165, 1.54) is 0 Å². The summed E-state index contributed by atoms with van der Waals surface area (Å²) in [5.41, 5.74) is 7.09. The van der Waals surface area contributed by atoms with E-state index >= 15 is 0 Å². The lowest BCUT2D eigenvalue weighted by Crippen LogP contribution is -2.41. The summed E-state index contributed by atoms with van der Waals surface area (Å²) in [6.45, 7) is 6.51. The fourth-order valence-corrected chi connectivity index (χ4v) is 2.07. The summed E-state index contributed by atoms with van der Waals surface area (Å²) in [7, 11) is 0. The third kappa shape index (κ3) is 4.00. The second-order valence-electron chi connectivity index (χ2n) is 4.95. The Labute approximate surface area is 114 Å². The molecule has 0 aliphatic heterocycles. The van der Waals surface area contributed by atoms with E-state index in [2.05, 4.69) is 19.2 Å². The van der Waals surface area contributed by atoms with Crippen LogP contribution in [0.1, 0.15) is 36.2 Å². The van der Waals surface area contributed by atoms with Gasteiger partial charge >= 0.3 is 0 Å². The number of benzene rings is 1. The number of hydrogen-bond acceptors (Lipinski definition) is 2. The van der Waals surface area contributed by atoms with Crippen LogP contribution in [0.15, 0.2) is 18.2 Å². The van der Waals surface area contributed by atoms with Crippen LogP contribution in [0.25, 0.3) is 0 Å². The molecule has 100 valence electrons. The van der Waals surface area contributed by atoms with Gasteiger partial charge in [0.15, 0.2) is 0 Å². The summed E-state index contributed by atoms with van der Waals surface area (Å²) in [5, 5.41) is 3.57. The Morgan fingerprint density at radius 1 is 1.44 bits per heavy atom. The average Bonchev–Trinajstić information content (AvgIpc) is 2.31. The molecule has 1 amide bonds. The Bertz CT molecular complexity index is 418. The molecule has 1 unspecified atom stereocenters. The van der Waals surface area contributed by atoms with Crippen molar-refractivity contribution in [1.29, 1.82) is 0 Å². The van der Waals surface area contributed by atoms with Gasteiger partial charge < -0.3 is 11.1 Å². The topological polar surface area (TPSA) is 55.1 Å². The second kappa shape index (κ2) is 6.76. The number of carbonyl (C=O) groups excluding carboxylic acids is 1. The summed E-state index contributed by atoms with van der Waals surface area (Å²) >= 11 is 6.01. The van der Waals surface area contributed by atoms with Gasteiger partial charge in [0.25, 0.3) is 5.91 Å². The number of rotatable bonds is 5. The first-order chi connectivity index (χ1) is 8.45. The highest BCUT2D eigenvalue weighted by Crippen LogP contribution is 2.18. The van der Waals surface area contributed by atoms with Gasteiger partial charge in [0, 0.05) is 23.2 Å². The van der Waals surface area contributed by atoms with Gasteiger partial charge in [-0.15, -0.1) is 0 Å². The molecule has 0 heterocycles. The molecule has 18 heavy (non-hydrogen) atoms. The van der Waals surface area contributed by atoms with E-state index in [0.29, 0.717) is 23.0 Å². The lowest BCUT2D eigenvalue weighted by Gasteiger charge is -2.19. The normalized spacial score (nSPS) is 12.6. The zero-order chi connectivity index (χ0) is 13.7. The maximum atomic E-state index is 12.1. The van der Waals surface area contributed by atoms with E-state index in [-0.39, 0.29) is 11.9 Å². The van der Waals surface area contributed by atoms with Crippen molar-refractivity contribution in [3.8, 4) is 0 Å². The molecule has 1 atom stereocenters. The molecule has 3 N–H and O–H groups in total. The highest BCUT2D eigenvalue weighted by molar-refractivity contribution is 6.31. The van der Waals surface area contributed by atoms with Gasteiger partial charge in [-0.05, 0) is 37.0 Å². The van der Waals surface area contributed by atoms with E-state index in [0.717, 1.165) is 12.0 Å². The van der Waals surface area contributed by atoms with Gasteiger partial charge in [-0.25, -0.2) is 0 Å². The molecule has 0 spiro atoms. The second-order valence-corrected chi connectivity index (χ2v) is 5.36. The van der Waals surface area contributed by atoms with Crippen LogP contribution in [-0.4, -0.2) is 18.5 Å². The van der Waals surface area contributed by atoms with Crippen LogP contribution in [0, 0.1) is 12.8 Å². The molecule has 1 aromatic rings. The lowest BCUT2D eigenvalue weighted by molar-refractivity contribution is 0.0933. The molecule has 0 bridgehead atoms. The van der Waals surface area contributed by atoms with Crippen LogP contribution in [-0.2, 0) is 0 Å². The molecule has 0 aliphatic rings. The largest absolute Gasteiger partial charge is 0.348 e. The zero-order valence-electron chi connectivity index (χ0n) is 11.2. The average molecular weight is 269 g/mol. The number of carbonyl (C=O) groups is 1. The van der Waals surface area contributed by atoms with Crippen LogP contribution < -0.4 is 11.1 Å². The number of amides is 1. The van der Waals surface area contributed by atoms with E-state index in [1.807, 2.05) is 6.92 Å². The Hall–Kier alpha value is -1.06. The van der Waals surface area contributed by atoms with Crippen molar-refractivity contribution >= 4 is 17.5 Å². The third-order valence-corrected chi connectivity index (χ3v) is 3.30. The number of nitrogens with two attached hydrogens (primary N) is 1. The molecule has 1 rings (SSSR count). The van der Waals surface area contributed by atoms with Crippen molar-refractivity contribution in [2.75, 3.05) is 6.54 Å². The quantitative estimate of drug-likeness (QED) is 0.863. The standard InChI is InChI=1S/C14H21ClN2O/c1-9(2)7-11(8-16)17-14(18)12-5-4-6-13(15)10(12)3/h4-6,9,11H,7-8,16H2,1-3H3,(H,17,18). The molecule has 0 aromatic heterocycles. The number of nitrogens with one attached hydrogen (secondary N) is 1. The highest BCUT2D eigenvalue weighted by atomic mass is 35.5. The fourth-order valence-electron chi connectivity index (χ4n) is 1.90. The first-order valence-electron chi connectivity index (χ1n) is 6.21. The van der Waals surface area contributed by atoms with Crippen LogP contribution >= 0.6 is 11.6 Å². The molecular formula is C14H21ClN2O. The molecule has 0 saturated heterocycles. The maximum absolute atomic E-state index is 12.1. The van der Waals surface area contributed by atoms with Gasteiger partial charge in [-0.3, -0.25) is 4.79 Å². The van der Waals surface area contributed by atoms with E-state index < -0.39 is 0 Å². The minimum absolute atomic E-state index is 0.0101. The van der Waals surface area contributed by atoms with Crippen molar-refractivity contribution in [3.05, 3.63) is 34.3 Å². The van der Waals surface area contributed by atoms with E-state index in [9.17, 15) is 4.79 Å². The van der Waals surface area contributed by atoms with Crippen LogP contribution in [0.5, 0.6) is 0 Å². The van der Waals surface area contributed by atoms with Gasteiger partial charge in [0.2, 0.25) is 0 Å². The molecule has 1 aromatic carbocycles. The maximum Gasteiger partial charge on any atom is 0.251 e. The van der Waals surface area contributed by atoms with Gasteiger partial charge in [-0.1, -0.05) is 31.5 Å². The summed E-state index contributed by atoms with van der Waals surface area (Å²) < 4.78 is 0. The lowest BCUT2D eigenvalue weighted by atomic mass is 10.0. The van der Waals surface area contributed by atoms with Crippen molar-refractivity contribution in [3.63, 3.8) is 0 Å². The summed E-state index contributed by atoms with van der Waals surface area (Å²) in [6, 6.07) is 5.35. The minimum Gasteiger partial charge on any atom is -0.348 e. The molecule has 0 fully saturated rings. The SMILES string of the molecule is Cc1c(Cl)cccc1C(=O)NC(CN)CC(C)C. The van der Waals surface area contributed by atoms with Crippen molar-refractivity contribution in [1.82, 2.24) is 5.32 Å². The number of hydrogen-bond donors (Lipinski definition) is 2. The first-order valence-corrected chi connectivity index (χ1v) is 6.59. The van der Waals surface area contributed by atoms with Gasteiger partial charge in [-0.2, -0.15) is 0 Å². The van der Waals surface area contributed by atoms with Gasteiger partial charge in [0.1, 0.15) is 0 Å². The third-order valence-electron chi connectivity index (χ3n) is 2.89. The van der Waals surface area contributed by atoms with Crippen molar-refractivity contribution in [2.45, 2.75) is 33.2 Å². The summed E-state index contributed by atoms with van der Waals surface area (Å²) in [4.78, 5) is 12.1. The molecule has 4 heteroatoms. The first kappa shape index (κ1) is 15.0. The van der Waals surface area contributed by atoms with Crippen molar-refractivity contribution < 1.29 is 4.79 Å². The Kier molecular flexibility index (Phi) is 5.63. The molecule has 3 nitrogen and oxygen atoms in total. The minimum atomic E-state index is -0.105. The number of halogens is 1. The fraction of sp³-hybridized carbons (Fsp3) is 0.500. The van der Waals surface area contributed by atoms with Gasteiger partial charge in [0.05, 0.1) is 0 Å². The van der Waals surface area contributed by atoms with Crippen LogP contribution in [0.4, 0.5) is 0 Å². The monoisotopic (exact) mass is 268 g/mol. The molecular weight excluding hydrogens is 248 g/mol. The molecule has 0 radical (unpaired) electrons.